The van der Waals surface area contributed by atoms with Crippen molar-refractivity contribution in [3.8, 4) is 5.88 Å². The van der Waals surface area contributed by atoms with Crippen molar-refractivity contribution in [1.29, 1.82) is 0 Å². The molecule has 0 bridgehead atoms. The van der Waals surface area contributed by atoms with Crippen molar-refractivity contribution in [2.75, 3.05) is 7.11 Å². The van der Waals surface area contributed by atoms with E-state index in [0.717, 1.165) is 28.8 Å². The van der Waals surface area contributed by atoms with Gasteiger partial charge in [0.1, 0.15) is 0 Å². The number of hydrogen-bond acceptors (Lipinski definition) is 2. The summed E-state index contributed by atoms with van der Waals surface area (Å²) in [5, 5.41) is 0. The number of halogens is 1. The zero-order valence-corrected chi connectivity index (χ0v) is 12.2. The third-order valence-electron chi connectivity index (χ3n) is 3.33. The van der Waals surface area contributed by atoms with Crippen LogP contribution in [0.3, 0.4) is 0 Å². The summed E-state index contributed by atoms with van der Waals surface area (Å²) in [6.07, 6.45) is 7.54. The first kappa shape index (κ1) is 12.6. The Morgan fingerprint density at radius 1 is 1.41 bits per heavy atom. The lowest BCUT2D eigenvalue weighted by Gasteiger charge is -2.29. The maximum atomic E-state index is 5.33. The number of rotatable bonds is 2. The van der Waals surface area contributed by atoms with E-state index >= 15 is 0 Å². The molecule has 0 aromatic carbocycles. The van der Waals surface area contributed by atoms with E-state index in [4.69, 9.17) is 4.74 Å². The molecule has 0 radical (unpaired) electrons. The average molecular weight is 296 g/mol. The van der Waals surface area contributed by atoms with E-state index in [9.17, 15) is 0 Å². The Morgan fingerprint density at radius 3 is 2.76 bits per heavy atom. The minimum atomic E-state index is 0.427. The lowest BCUT2D eigenvalue weighted by molar-refractivity contribution is 0.334. The van der Waals surface area contributed by atoms with Gasteiger partial charge in [-0.1, -0.05) is 19.9 Å². The fourth-order valence-corrected chi connectivity index (χ4v) is 2.47. The maximum Gasteiger partial charge on any atom is 0.220 e. The summed E-state index contributed by atoms with van der Waals surface area (Å²) >= 11 is 3.47. The highest BCUT2D eigenvalue weighted by Gasteiger charge is 2.23. The van der Waals surface area contributed by atoms with Crippen LogP contribution in [0.1, 0.15) is 38.7 Å². The van der Waals surface area contributed by atoms with E-state index in [1.807, 2.05) is 0 Å². The van der Waals surface area contributed by atoms with Gasteiger partial charge in [0.05, 0.1) is 7.11 Å². The topological polar surface area (TPSA) is 22.1 Å². The van der Waals surface area contributed by atoms with Crippen LogP contribution in [0.15, 0.2) is 22.8 Å². The maximum absolute atomic E-state index is 5.33. The predicted octanol–water partition coefficient (Wildman–Crippen LogP) is 4.45. The summed E-state index contributed by atoms with van der Waals surface area (Å²) in [5.74, 6) is 0.721. The van der Waals surface area contributed by atoms with Crippen LogP contribution in [0.2, 0.25) is 0 Å². The molecule has 0 saturated heterocycles. The number of allylic oxidation sites excluding steroid dienone is 2. The molecule has 1 aromatic heterocycles. The summed E-state index contributed by atoms with van der Waals surface area (Å²) in [6, 6.07) is 2.09. The highest BCUT2D eigenvalue weighted by Crippen LogP contribution is 2.40. The molecule has 0 saturated carbocycles. The number of hydrogen-bond donors (Lipinski definition) is 0. The van der Waals surface area contributed by atoms with E-state index in [-0.39, 0.29) is 0 Å². The van der Waals surface area contributed by atoms with E-state index < -0.39 is 0 Å². The van der Waals surface area contributed by atoms with Gasteiger partial charge in [-0.3, -0.25) is 0 Å². The summed E-state index contributed by atoms with van der Waals surface area (Å²) < 4.78 is 6.33. The summed E-state index contributed by atoms with van der Waals surface area (Å²) in [7, 11) is 1.67. The first-order valence-electron chi connectivity index (χ1n) is 5.91. The van der Waals surface area contributed by atoms with Gasteiger partial charge < -0.3 is 4.74 Å². The molecule has 0 atom stereocenters. The minimum absolute atomic E-state index is 0.427. The Kier molecular flexibility index (Phi) is 3.57. The molecule has 1 aliphatic carbocycles. The Hall–Kier alpha value is -0.830. The van der Waals surface area contributed by atoms with Crippen molar-refractivity contribution < 1.29 is 4.74 Å². The van der Waals surface area contributed by atoms with Crippen LogP contribution < -0.4 is 4.74 Å². The van der Waals surface area contributed by atoms with Crippen LogP contribution in [0.4, 0.5) is 0 Å². The quantitative estimate of drug-likeness (QED) is 0.804. The molecule has 2 nitrogen and oxygen atoms in total. The standard InChI is InChI=1S/C14H18BrNO/c1-14(2)6-4-10(5-7-14)12-8-11(15)9-16-13(12)17-3/h4,8-9H,5-7H2,1-3H3. The van der Waals surface area contributed by atoms with Crippen molar-refractivity contribution in [3.63, 3.8) is 0 Å². The minimum Gasteiger partial charge on any atom is -0.481 e. The molecule has 1 aliphatic rings. The van der Waals surface area contributed by atoms with E-state index in [0.29, 0.717) is 5.41 Å². The molecule has 2 rings (SSSR count). The van der Waals surface area contributed by atoms with Gasteiger partial charge in [-0.15, -0.1) is 0 Å². The number of aromatic nitrogens is 1. The van der Waals surface area contributed by atoms with Gasteiger partial charge in [-0.05, 0) is 52.2 Å². The smallest absolute Gasteiger partial charge is 0.220 e. The Balaban J connectivity index is 2.34. The van der Waals surface area contributed by atoms with Gasteiger partial charge in [0, 0.05) is 16.2 Å². The zero-order valence-electron chi connectivity index (χ0n) is 10.6. The number of pyridine rings is 1. The summed E-state index contributed by atoms with van der Waals surface area (Å²) in [6.45, 7) is 4.63. The van der Waals surface area contributed by atoms with Crippen molar-refractivity contribution in [2.24, 2.45) is 5.41 Å². The summed E-state index contributed by atoms with van der Waals surface area (Å²) in [5.41, 5.74) is 2.91. The third-order valence-corrected chi connectivity index (χ3v) is 3.76. The molecule has 92 valence electrons. The molecule has 0 aliphatic heterocycles. The molecule has 0 fully saturated rings. The lowest BCUT2D eigenvalue weighted by Crippen LogP contribution is -2.14. The molecule has 0 N–H and O–H groups in total. The van der Waals surface area contributed by atoms with Crippen molar-refractivity contribution in [1.82, 2.24) is 4.98 Å². The second-order valence-corrected chi connectivity index (χ2v) is 6.22. The Labute approximate surface area is 111 Å². The van der Waals surface area contributed by atoms with Gasteiger partial charge in [0.2, 0.25) is 5.88 Å². The molecule has 0 unspecified atom stereocenters. The monoisotopic (exact) mass is 295 g/mol. The molecular weight excluding hydrogens is 278 g/mol. The van der Waals surface area contributed by atoms with Crippen LogP contribution in [0.5, 0.6) is 5.88 Å². The lowest BCUT2D eigenvalue weighted by atomic mass is 9.77. The van der Waals surface area contributed by atoms with E-state index in [1.165, 1.54) is 12.0 Å². The summed E-state index contributed by atoms with van der Waals surface area (Å²) in [4.78, 5) is 4.30. The van der Waals surface area contributed by atoms with Crippen molar-refractivity contribution in [2.45, 2.75) is 33.1 Å². The van der Waals surface area contributed by atoms with Crippen LogP contribution in [-0.4, -0.2) is 12.1 Å². The van der Waals surface area contributed by atoms with Gasteiger partial charge >= 0.3 is 0 Å². The molecule has 3 heteroatoms. The molecular formula is C14H18BrNO. The largest absolute Gasteiger partial charge is 0.481 e. The second-order valence-electron chi connectivity index (χ2n) is 5.31. The number of nitrogens with zero attached hydrogens (tertiary/aromatic N) is 1. The van der Waals surface area contributed by atoms with E-state index in [2.05, 4.69) is 46.9 Å². The van der Waals surface area contributed by atoms with Crippen molar-refractivity contribution in [3.05, 3.63) is 28.4 Å². The zero-order chi connectivity index (χ0) is 12.5. The first-order chi connectivity index (χ1) is 8.02. The highest BCUT2D eigenvalue weighted by molar-refractivity contribution is 9.10. The predicted molar refractivity (Wildman–Crippen MR) is 74.1 cm³/mol. The van der Waals surface area contributed by atoms with Crippen LogP contribution >= 0.6 is 15.9 Å². The van der Waals surface area contributed by atoms with Gasteiger partial charge in [0.25, 0.3) is 0 Å². The number of ether oxygens (including phenoxy) is 1. The average Bonchev–Trinajstić information content (AvgIpc) is 2.29. The molecule has 1 aromatic rings. The first-order valence-corrected chi connectivity index (χ1v) is 6.70. The number of methoxy groups -OCH3 is 1. The molecule has 17 heavy (non-hydrogen) atoms. The van der Waals surface area contributed by atoms with Crippen LogP contribution in [0, 0.1) is 5.41 Å². The molecule has 0 amide bonds. The molecule has 1 heterocycles. The Morgan fingerprint density at radius 2 is 2.18 bits per heavy atom. The Bertz CT molecular complexity index is 452. The van der Waals surface area contributed by atoms with E-state index in [1.54, 1.807) is 13.3 Å². The van der Waals surface area contributed by atoms with Crippen LogP contribution in [0.25, 0.3) is 5.57 Å². The van der Waals surface area contributed by atoms with Crippen LogP contribution in [-0.2, 0) is 0 Å². The SMILES string of the molecule is COc1ncc(Br)cc1C1=CCC(C)(C)CC1. The third kappa shape index (κ3) is 2.89. The van der Waals surface area contributed by atoms with Gasteiger partial charge in [-0.2, -0.15) is 0 Å². The van der Waals surface area contributed by atoms with Gasteiger partial charge in [0.15, 0.2) is 0 Å². The fourth-order valence-electron chi connectivity index (χ4n) is 2.14. The fraction of sp³-hybridized carbons (Fsp3) is 0.500. The van der Waals surface area contributed by atoms with Crippen molar-refractivity contribution >= 4 is 21.5 Å². The van der Waals surface area contributed by atoms with Gasteiger partial charge in [-0.25, -0.2) is 4.98 Å². The molecule has 0 spiro atoms. The second kappa shape index (κ2) is 4.81. The normalized spacial score (nSPS) is 18.7. The highest BCUT2D eigenvalue weighted by atomic mass is 79.9.